The number of likely N-dealkylation sites (tertiary alicyclic amines) is 1. The van der Waals surface area contributed by atoms with Gasteiger partial charge >= 0.3 is 0 Å². The van der Waals surface area contributed by atoms with E-state index in [4.69, 9.17) is 0 Å². The molecule has 128 valence electrons. The summed E-state index contributed by atoms with van der Waals surface area (Å²) in [6, 6.07) is 4.68. The number of aryl methyl sites for hydroxylation is 1. The Morgan fingerprint density at radius 3 is 2.96 bits per heavy atom. The molecule has 2 fully saturated rings. The lowest BCUT2D eigenvalue weighted by molar-refractivity contribution is -0.134. The van der Waals surface area contributed by atoms with Gasteiger partial charge in [-0.2, -0.15) is 0 Å². The van der Waals surface area contributed by atoms with Crippen LogP contribution < -0.4 is 5.32 Å². The monoisotopic (exact) mass is 326 g/mol. The lowest BCUT2D eigenvalue weighted by atomic mass is 9.93. The maximum atomic E-state index is 12.2. The molecule has 1 aliphatic carbocycles. The van der Waals surface area contributed by atoms with Gasteiger partial charge in [-0.25, -0.2) is 4.98 Å². The smallest absolute Gasteiger partial charge is 0.225 e. The fraction of sp³-hybridized carbons (Fsp3) is 0.579. The average Bonchev–Trinajstić information content (AvgIpc) is 3.35. The fourth-order valence-corrected chi connectivity index (χ4v) is 3.74. The molecule has 1 saturated heterocycles. The largest absolute Gasteiger partial charge is 0.342 e. The van der Waals surface area contributed by atoms with Crippen molar-refractivity contribution in [3.63, 3.8) is 0 Å². The summed E-state index contributed by atoms with van der Waals surface area (Å²) in [4.78, 5) is 18.8. The van der Waals surface area contributed by atoms with Crippen LogP contribution in [0.4, 0.5) is 0 Å². The first-order valence-corrected chi connectivity index (χ1v) is 9.06. The predicted octanol–water partition coefficient (Wildman–Crippen LogP) is 2.38. The third kappa shape index (κ3) is 3.05. The molecular formula is C19H26N4O. The number of carbonyl (C=O) groups is 1. The highest BCUT2D eigenvalue weighted by atomic mass is 16.2. The van der Waals surface area contributed by atoms with Gasteiger partial charge in [0.15, 0.2) is 0 Å². The summed E-state index contributed by atoms with van der Waals surface area (Å²) < 4.78 is 2.15. The number of imidazole rings is 1. The quantitative estimate of drug-likeness (QED) is 0.938. The summed E-state index contributed by atoms with van der Waals surface area (Å²) in [7, 11) is 0. The van der Waals surface area contributed by atoms with E-state index in [9.17, 15) is 4.79 Å². The zero-order valence-corrected chi connectivity index (χ0v) is 14.5. The minimum atomic E-state index is 0.336. The second-order valence-corrected chi connectivity index (χ2v) is 7.49. The molecule has 5 nitrogen and oxygen atoms in total. The molecule has 2 aromatic rings. The standard InChI is InChI=1S/C19H26N4O/c1-13-5-8-23-16(11-21-18(23)9-13)10-20-17-6-7-22(12-14(17)2)19(24)15-3-4-15/h5,8-9,11,14-15,17,20H,3-4,6-7,10,12H2,1-2H3. The number of fused-ring (bicyclic) bond motifs is 1. The first-order chi connectivity index (χ1) is 11.6. The molecule has 0 spiro atoms. The van der Waals surface area contributed by atoms with Crippen molar-refractivity contribution < 1.29 is 4.79 Å². The summed E-state index contributed by atoms with van der Waals surface area (Å²) in [6.45, 7) is 6.94. The van der Waals surface area contributed by atoms with Gasteiger partial charge in [0.2, 0.25) is 5.91 Å². The number of rotatable bonds is 4. The summed E-state index contributed by atoms with van der Waals surface area (Å²) in [5.41, 5.74) is 3.42. The van der Waals surface area contributed by atoms with E-state index in [-0.39, 0.29) is 0 Å². The first-order valence-electron chi connectivity index (χ1n) is 9.06. The van der Waals surface area contributed by atoms with E-state index in [1.54, 1.807) is 0 Å². The summed E-state index contributed by atoms with van der Waals surface area (Å²) in [5.74, 6) is 1.21. The van der Waals surface area contributed by atoms with Gasteiger partial charge in [0, 0.05) is 37.8 Å². The third-order valence-corrected chi connectivity index (χ3v) is 5.43. The lowest BCUT2D eigenvalue weighted by Crippen LogP contribution is -2.50. The van der Waals surface area contributed by atoms with E-state index in [1.807, 2.05) is 6.20 Å². The van der Waals surface area contributed by atoms with Gasteiger partial charge in [0.1, 0.15) is 5.65 Å². The number of piperidine rings is 1. The lowest BCUT2D eigenvalue weighted by Gasteiger charge is -2.37. The highest BCUT2D eigenvalue weighted by Crippen LogP contribution is 2.32. The van der Waals surface area contributed by atoms with E-state index >= 15 is 0 Å². The molecule has 2 aromatic heterocycles. The van der Waals surface area contributed by atoms with Crippen molar-refractivity contribution in [3.8, 4) is 0 Å². The zero-order chi connectivity index (χ0) is 16.7. The van der Waals surface area contributed by atoms with Crippen molar-refractivity contribution in [1.29, 1.82) is 0 Å². The Hall–Kier alpha value is -1.88. The molecule has 1 amide bonds. The van der Waals surface area contributed by atoms with E-state index in [2.05, 4.69) is 51.8 Å². The van der Waals surface area contributed by atoms with Crippen LogP contribution in [0, 0.1) is 18.8 Å². The number of carbonyl (C=O) groups excluding carboxylic acids is 1. The molecule has 1 saturated carbocycles. The van der Waals surface area contributed by atoms with E-state index < -0.39 is 0 Å². The summed E-state index contributed by atoms with van der Waals surface area (Å²) in [5, 5.41) is 3.69. The van der Waals surface area contributed by atoms with Crippen molar-refractivity contribution in [1.82, 2.24) is 19.6 Å². The molecule has 3 heterocycles. The van der Waals surface area contributed by atoms with E-state index in [1.165, 1.54) is 11.3 Å². The average molecular weight is 326 g/mol. The van der Waals surface area contributed by atoms with Crippen LogP contribution in [0.3, 0.4) is 0 Å². The Morgan fingerprint density at radius 1 is 1.38 bits per heavy atom. The van der Waals surface area contributed by atoms with Gasteiger partial charge in [-0.1, -0.05) is 6.92 Å². The Labute approximate surface area is 143 Å². The Bertz CT molecular complexity index is 749. The van der Waals surface area contributed by atoms with Gasteiger partial charge in [-0.3, -0.25) is 4.79 Å². The highest BCUT2D eigenvalue weighted by Gasteiger charge is 2.36. The zero-order valence-electron chi connectivity index (χ0n) is 14.5. The number of hydrogen-bond acceptors (Lipinski definition) is 3. The Kier molecular flexibility index (Phi) is 4.04. The molecule has 5 heteroatoms. The van der Waals surface area contributed by atoms with Gasteiger partial charge in [0.05, 0.1) is 11.9 Å². The van der Waals surface area contributed by atoms with Crippen LogP contribution in [-0.4, -0.2) is 39.3 Å². The van der Waals surface area contributed by atoms with Gasteiger partial charge < -0.3 is 14.6 Å². The number of pyridine rings is 1. The summed E-state index contributed by atoms with van der Waals surface area (Å²) in [6.07, 6.45) is 7.28. The van der Waals surface area contributed by atoms with Crippen molar-refractivity contribution in [2.45, 2.75) is 45.7 Å². The van der Waals surface area contributed by atoms with Crippen molar-refractivity contribution in [2.24, 2.45) is 11.8 Å². The van der Waals surface area contributed by atoms with Gasteiger partial charge in [-0.15, -0.1) is 0 Å². The molecule has 0 radical (unpaired) electrons. The van der Waals surface area contributed by atoms with Crippen molar-refractivity contribution >= 4 is 11.6 Å². The van der Waals surface area contributed by atoms with Crippen LogP contribution in [-0.2, 0) is 11.3 Å². The normalized spacial score (nSPS) is 24.5. The number of hydrogen-bond donors (Lipinski definition) is 1. The van der Waals surface area contributed by atoms with E-state index in [0.717, 1.165) is 44.5 Å². The second kappa shape index (κ2) is 6.20. The highest BCUT2D eigenvalue weighted by molar-refractivity contribution is 5.81. The number of amides is 1. The third-order valence-electron chi connectivity index (χ3n) is 5.43. The fourth-order valence-electron chi connectivity index (χ4n) is 3.74. The molecule has 24 heavy (non-hydrogen) atoms. The van der Waals surface area contributed by atoms with Crippen molar-refractivity contribution in [3.05, 3.63) is 35.8 Å². The molecule has 4 rings (SSSR count). The minimum Gasteiger partial charge on any atom is -0.342 e. The molecule has 0 aromatic carbocycles. The predicted molar refractivity (Wildman–Crippen MR) is 93.6 cm³/mol. The summed E-state index contributed by atoms with van der Waals surface area (Å²) >= 11 is 0. The molecular weight excluding hydrogens is 300 g/mol. The number of aromatic nitrogens is 2. The molecule has 1 aliphatic heterocycles. The molecule has 2 atom stereocenters. The Balaban J connectivity index is 1.36. The molecule has 1 N–H and O–H groups in total. The van der Waals surface area contributed by atoms with Crippen LogP contribution in [0.2, 0.25) is 0 Å². The first kappa shape index (κ1) is 15.6. The maximum absolute atomic E-state index is 12.2. The van der Waals surface area contributed by atoms with Crippen LogP contribution in [0.15, 0.2) is 24.5 Å². The number of nitrogens with zero attached hydrogens (tertiary/aromatic N) is 3. The molecule has 2 unspecified atom stereocenters. The van der Waals surface area contributed by atoms with Gasteiger partial charge in [0.25, 0.3) is 0 Å². The molecule has 0 bridgehead atoms. The second-order valence-electron chi connectivity index (χ2n) is 7.49. The SMILES string of the molecule is Cc1ccn2c(CNC3CCN(C(=O)C4CC4)CC3C)cnc2c1. The van der Waals surface area contributed by atoms with Crippen LogP contribution in [0.25, 0.3) is 5.65 Å². The van der Waals surface area contributed by atoms with Crippen molar-refractivity contribution in [2.75, 3.05) is 13.1 Å². The Morgan fingerprint density at radius 2 is 2.21 bits per heavy atom. The minimum absolute atomic E-state index is 0.336. The molecule has 2 aliphatic rings. The van der Waals surface area contributed by atoms with Crippen LogP contribution >= 0.6 is 0 Å². The topological polar surface area (TPSA) is 49.6 Å². The van der Waals surface area contributed by atoms with Crippen LogP contribution in [0.1, 0.15) is 37.4 Å². The van der Waals surface area contributed by atoms with E-state index in [0.29, 0.717) is 23.8 Å². The van der Waals surface area contributed by atoms with Gasteiger partial charge in [-0.05, 0) is 49.8 Å². The number of nitrogens with one attached hydrogen (secondary N) is 1. The van der Waals surface area contributed by atoms with Crippen LogP contribution in [0.5, 0.6) is 0 Å². The maximum Gasteiger partial charge on any atom is 0.225 e.